The van der Waals surface area contributed by atoms with Crippen molar-refractivity contribution >= 4 is 34.4 Å². The van der Waals surface area contributed by atoms with Crippen molar-refractivity contribution in [2.24, 2.45) is 7.05 Å². The van der Waals surface area contributed by atoms with Crippen molar-refractivity contribution in [2.75, 3.05) is 24.4 Å². The number of fused-ring (bicyclic) bond motifs is 1. The lowest BCUT2D eigenvalue weighted by atomic mass is 9.97. The Kier molecular flexibility index (Phi) is 7.23. The van der Waals surface area contributed by atoms with Gasteiger partial charge in [0, 0.05) is 30.3 Å². The SMILES string of the molecule is CCC(=O)Nc1ccc(-c2c(-c3ccc(C(=O)NC(CF)CF)cc3)c3c(N)ncnc3n2C)cc1. The van der Waals surface area contributed by atoms with Crippen LogP contribution in [0.2, 0.25) is 0 Å². The van der Waals surface area contributed by atoms with Crippen LogP contribution in [-0.2, 0) is 11.8 Å². The van der Waals surface area contributed by atoms with Crippen molar-refractivity contribution in [3.63, 3.8) is 0 Å². The third-order valence-electron chi connectivity index (χ3n) is 5.90. The first kappa shape index (κ1) is 24.8. The van der Waals surface area contributed by atoms with Crippen LogP contribution in [0.1, 0.15) is 23.7 Å². The van der Waals surface area contributed by atoms with Gasteiger partial charge in [-0.25, -0.2) is 18.7 Å². The number of hydrogen-bond acceptors (Lipinski definition) is 5. The first-order chi connectivity index (χ1) is 17.4. The fourth-order valence-electron chi connectivity index (χ4n) is 4.03. The molecule has 0 spiro atoms. The van der Waals surface area contributed by atoms with E-state index in [0.29, 0.717) is 29.0 Å². The number of aromatic nitrogens is 3. The Hall–Kier alpha value is -4.34. The second-order valence-electron chi connectivity index (χ2n) is 8.28. The van der Waals surface area contributed by atoms with E-state index in [1.807, 2.05) is 35.9 Å². The Labute approximate surface area is 206 Å². The van der Waals surface area contributed by atoms with Gasteiger partial charge in [-0.05, 0) is 35.4 Å². The Bertz CT molecular complexity index is 1400. The molecule has 2 amide bonds. The number of carbonyl (C=O) groups excluding carboxylic acids is 2. The highest BCUT2D eigenvalue weighted by Gasteiger charge is 2.22. The predicted octanol–water partition coefficient (Wildman–Crippen LogP) is 4.27. The van der Waals surface area contributed by atoms with Crippen molar-refractivity contribution in [1.82, 2.24) is 19.9 Å². The summed E-state index contributed by atoms with van der Waals surface area (Å²) in [5.74, 6) is -0.337. The molecule has 0 saturated heterocycles. The molecule has 0 unspecified atom stereocenters. The molecule has 0 radical (unpaired) electrons. The molecule has 4 rings (SSSR count). The van der Waals surface area contributed by atoms with Crippen LogP contribution in [0.25, 0.3) is 33.4 Å². The van der Waals surface area contributed by atoms with E-state index in [4.69, 9.17) is 5.73 Å². The first-order valence-electron chi connectivity index (χ1n) is 11.4. The number of nitrogens with one attached hydrogen (secondary N) is 2. The number of benzene rings is 2. The van der Waals surface area contributed by atoms with Crippen LogP contribution in [0.4, 0.5) is 20.3 Å². The molecule has 0 aliphatic heterocycles. The minimum Gasteiger partial charge on any atom is -0.383 e. The summed E-state index contributed by atoms with van der Waals surface area (Å²) >= 11 is 0. The summed E-state index contributed by atoms with van der Waals surface area (Å²) < 4.78 is 27.5. The number of nitrogens with zero attached hydrogens (tertiary/aromatic N) is 3. The van der Waals surface area contributed by atoms with E-state index in [9.17, 15) is 18.4 Å². The Balaban J connectivity index is 1.79. The monoisotopic (exact) mass is 492 g/mol. The van der Waals surface area contributed by atoms with Gasteiger partial charge in [-0.15, -0.1) is 0 Å². The van der Waals surface area contributed by atoms with Gasteiger partial charge in [0.2, 0.25) is 5.91 Å². The van der Waals surface area contributed by atoms with Crippen LogP contribution < -0.4 is 16.4 Å². The first-order valence-corrected chi connectivity index (χ1v) is 11.4. The second-order valence-corrected chi connectivity index (χ2v) is 8.28. The second kappa shape index (κ2) is 10.5. The highest BCUT2D eigenvalue weighted by atomic mass is 19.1. The molecule has 0 bridgehead atoms. The number of rotatable bonds is 8. The zero-order chi connectivity index (χ0) is 25.8. The average Bonchev–Trinajstić information content (AvgIpc) is 3.21. The number of amides is 2. The minimum atomic E-state index is -1.18. The number of nitrogen functional groups attached to an aromatic ring is 1. The van der Waals surface area contributed by atoms with Gasteiger partial charge in [0.15, 0.2) is 0 Å². The van der Waals surface area contributed by atoms with E-state index < -0.39 is 25.3 Å². The number of aryl methyl sites for hydroxylation is 1. The van der Waals surface area contributed by atoms with Crippen LogP contribution in [0.3, 0.4) is 0 Å². The maximum Gasteiger partial charge on any atom is 0.251 e. The van der Waals surface area contributed by atoms with E-state index >= 15 is 0 Å². The zero-order valence-corrected chi connectivity index (χ0v) is 19.9. The molecular formula is C26H26F2N6O2. The molecule has 0 aliphatic rings. The Morgan fingerprint density at radius 3 is 2.25 bits per heavy atom. The van der Waals surface area contributed by atoms with Gasteiger partial charge in [-0.1, -0.05) is 31.2 Å². The Morgan fingerprint density at radius 1 is 1.00 bits per heavy atom. The van der Waals surface area contributed by atoms with E-state index in [0.717, 1.165) is 22.4 Å². The highest BCUT2D eigenvalue weighted by molar-refractivity contribution is 6.08. The molecule has 4 aromatic rings. The summed E-state index contributed by atoms with van der Waals surface area (Å²) in [6, 6.07) is 12.9. The molecular weight excluding hydrogens is 466 g/mol. The molecule has 2 aromatic carbocycles. The van der Waals surface area contributed by atoms with Crippen LogP contribution >= 0.6 is 0 Å². The maximum absolute atomic E-state index is 12.8. The van der Waals surface area contributed by atoms with Crippen molar-refractivity contribution in [1.29, 1.82) is 0 Å². The van der Waals surface area contributed by atoms with E-state index in [1.165, 1.54) is 6.33 Å². The fourth-order valence-corrected chi connectivity index (χ4v) is 4.03. The molecule has 36 heavy (non-hydrogen) atoms. The molecule has 8 nitrogen and oxygen atoms in total. The van der Waals surface area contributed by atoms with Gasteiger partial charge >= 0.3 is 0 Å². The van der Waals surface area contributed by atoms with Crippen molar-refractivity contribution in [2.45, 2.75) is 19.4 Å². The van der Waals surface area contributed by atoms with Gasteiger partial charge < -0.3 is 20.9 Å². The van der Waals surface area contributed by atoms with Crippen molar-refractivity contribution in [3.05, 3.63) is 60.4 Å². The fraction of sp³-hybridized carbons (Fsp3) is 0.231. The quantitative estimate of drug-likeness (QED) is 0.340. The molecule has 0 saturated carbocycles. The van der Waals surface area contributed by atoms with E-state index in [1.54, 1.807) is 31.2 Å². The molecule has 186 valence electrons. The van der Waals surface area contributed by atoms with Crippen LogP contribution in [0, 0.1) is 0 Å². The molecule has 2 heterocycles. The molecule has 2 aromatic heterocycles. The van der Waals surface area contributed by atoms with Crippen molar-refractivity contribution in [3.8, 4) is 22.4 Å². The maximum atomic E-state index is 12.8. The van der Waals surface area contributed by atoms with Gasteiger partial charge in [-0.3, -0.25) is 9.59 Å². The zero-order valence-electron chi connectivity index (χ0n) is 19.9. The molecule has 0 atom stereocenters. The summed E-state index contributed by atoms with van der Waals surface area (Å²) in [4.78, 5) is 32.7. The number of alkyl halides is 2. The minimum absolute atomic E-state index is 0.0791. The molecule has 10 heteroatoms. The summed E-state index contributed by atoms with van der Waals surface area (Å²) in [6.45, 7) is -0.188. The number of nitrogens with two attached hydrogens (primary N) is 1. The van der Waals surface area contributed by atoms with Gasteiger partial charge in [0.1, 0.15) is 31.1 Å². The van der Waals surface area contributed by atoms with E-state index in [-0.39, 0.29) is 11.5 Å². The van der Waals surface area contributed by atoms with Gasteiger partial charge in [0.05, 0.1) is 17.1 Å². The third kappa shape index (κ3) is 4.74. The average molecular weight is 493 g/mol. The van der Waals surface area contributed by atoms with Crippen molar-refractivity contribution < 1.29 is 18.4 Å². The summed E-state index contributed by atoms with van der Waals surface area (Å²) in [5.41, 5.74) is 11.0. The largest absolute Gasteiger partial charge is 0.383 e. The lowest BCUT2D eigenvalue weighted by molar-refractivity contribution is -0.115. The topological polar surface area (TPSA) is 115 Å². The number of anilines is 2. The Morgan fingerprint density at radius 2 is 1.64 bits per heavy atom. The standard InChI is InChI=1S/C26H26F2N6O2/c1-3-20(35)32-18-10-8-16(9-11-18)23-21(22-24(29)30-14-31-25(22)34(23)2)15-4-6-17(7-5-15)26(36)33-19(12-27)13-28/h4-11,14,19H,3,12-13H2,1-2H3,(H,32,35)(H,33,36)(H2,29,30,31). The van der Waals surface area contributed by atoms with E-state index in [2.05, 4.69) is 20.6 Å². The smallest absolute Gasteiger partial charge is 0.251 e. The molecule has 4 N–H and O–H groups in total. The number of hydrogen-bond donors (Lipinski definition) is 3. The lowest BCUT2D eigenvalue weighted by Crippen LogP contribution is -2.37. The summed E-state index contributed by atoms with van der Waals surface area (Å²) in [7, 11) is 1.87. The van der Waals surface area contributed by atoms with Gasteiger partial charge in [-0.2, -0.15) is 0 Å². The van der Waals surface area contributed by atoms with Gasteiger partial charge in [0.25, 0.3) is 5.91 Å². The molecule has 0 fully saturated rings. The highest BCUT2D eigenvalue weighted by Crippen LogP contribution is 2.41. The third-order valence-corrected chi connectivity index (χ3v) is 5.90. The van der Waals surface area contributed by atoms with Crippen LogP contribution in [0.5, 0.6) is 0 Å². The summed E-state index contributed by atoms with van der Waals surface area (Å²) in [5, 5.41) is 5.82. The number of halogens is 2. The normalized spacial score (nSPS) is 11.1. The lowest BCUT2D eigenvalue weighted by Gasteiger charge is -2.13. The summed E-state index contributed by atoms with van der Waals surface area (Å²) in [6.07, 6.45) is 1.78. The molecule has 0 aliphatic carbocycles. The number of carbonyl (C=O) groups is 2. The predicted molar refractivity (Wildman–Crippen MR) is 136 cm³/mol. The van der Waals surface area contributed by atoms with Crippen LogP contribution in [0.15, 0.2) is 54.9 Å². The van der Waals surface area contributed by atoms with Crippen LogP contribution in [-0.4, -0.2) is 45.7 Å².